The largest absolute Gasteiger partial charge is 0.494 e. The second-order valence-corrected chi connectivity index (χ2v) is 5.39. The number of hydrogen-bond donors (Lipinski definition) is 1. The SMILES string of the molecule is CCOc1ccc(/C=C/C(=O)NCC(C)c2ccccc2)cc1. The summed E-state index contributed by atoms with van der Waals surface area (Å²) < 4.78 is 5.39. The number of benzene rings is 2. The van der Waals surface area contributed by atoms with E-state index in [0.717, 1.165) is 11.3 Å². The summed E-state index contributed by atoms with van der Waals surface area (Å²) in [6, 6.07) is 17.8. The molecule has 1 N–H and O–H groups in total. The molecular weight excluding hydrogens is 286 g/mol. The van der Waals surface area contributed by atoms with E-state index in [1.54, 1.807) is 12.2 Å². The van der Waals surface area contributed by atoms with E-state index in [9.17, 15) is 4.79 Å². The lowest BCUT2D eigenvalue weighted by Gasteiger charge is -2.11. The topological polar surface area (TPSA) is 38.3 Å². The van der Waals surface area contributed by atoms with Gasteiger partial charge in [0, 0.05) is 12.6 Å². The molecule has 0 aliphatic rings. The predicted octanol–water partition coefficient (Wildman–Crippen LogP) is 4.02. The number of hydrogen-bond acceptors (Lipinski definition) is 2. The smallest absolute Gasteiger partial charge is 0.244 e. The zero-order valence-electron chi connectivity index (χ0n) is 13.7. The fraction of sp³-hybridized carbons (Fsp3) is 0.250. The summed E-state index contributed by atoms with van der Waals surface area (Å²) in [5, 5.41) is 2.93. The maximum absolute atomic E-state index is 11.9. The van der Waals surface area contributed by atoms with Gasteiger partial charge in [0.05, 0.1) is 6.61 Å². The molecule has 0 radical (unpaired) electrons. The van der Waals surface area contributed by atoms with Gasteiger partial charge in [0.15, 0.2) is 0 Å². The summed E-state index contributed by atoms with van der Waals surface area (Å²) in [7, 11) is 0. The highest BCUT2D eigenvalue weighted by Gasteiger charge is 2.05. The fourth-order valence-corrected chi connectivity index (χ4v) is 2.23. The lowest BCUT2D eigenvalue weighted by atomic mass is 10.0. The van der Waals surface area contributed by atoms with Crippen LogP contribution in [0.2, 0.25) is 0 Å². The summed E-state index contributed by atoms with van der Waals surface area (Å²) in [4.78, 5) is 11.9. The molecule has 0 aliphatic heterocycles. The molecule has 2 aromatic carbocycles. The summed E-state index contributed by atoms with van der Waals surface area (Å²) in [5.41, 5.74) is 2.20. The Labute approximate surface area is 138 Å². The molecule has 23 heavy (non-hydrogen) atoms. The van der Waals surface area contributed by atoms with Crippen molar-refractivity contribution in [3.05, 3.63) is 71.8 Å². The Morgan fingerprint density at radius 2 is 1.83 bits per heavy atom. The van der Waals surface area contributed by atoms with Gasteiger partial charge in [-0.3, -0.25) is 4.79 Å². The molecule has 3 nitrogen and oxygen atoms in total. The first-order chi connectivity index (χ1) is 11.2. The molecule has 1 unspecified atom stereocenters. The van der Waals surface area contributed by atoms with Gasteiger partial charge in [-0.1, -0.05) is 49.4 Å². The number of carbonyl (C=O) groups excluding carboxylic acids is 1. The number of ether oxygens (including phenoxy) is 1. The monoisotopic (exact) mass is 309 g/mol. The maximum atomic E-state index is 11.9. The van der Waals surface area contributed by atoms with Gasteiger partial charge in [-0.2, -0.15) is 0 Å². The van der Waals surface area contributed by atoms with Crippen molar-refractivity contribution < 1.29 is 9.53 Å². The molecule has 2 aromatic rings. The van der Waals surface area contributed by atoms with Gasteiger partial charge in [-0.25, -0.2) is 0 Å². The zero-order valence-corrected chi connectivity index (χ0v) is 13.7. The number of nitrogens with one attached hydrogen (secondary N) is 1. The molecule has 2 rings (SSSR count). The van der Waals surface area contributed by atoms with Crippen LogP contribution in [-0.4, -0.2) is 19.1 Å². The molecule has 3 heteroatoms. The van der Waals surface area contributed by atoms with Crippen molar-refractivity contribution in [2.45, 2.75) is 19.8 Å². The summed E-state index contributed by atoms with van der Waals surface area (Å²) in [6.07, 6.45) is 3.37. The van der Waals surface area contributed by atoms with Crippen molar-refractivity contribution in [3.8, 4) is 5.75 Å². The Bertz CT molecular complexity index is 632. The number of amides is 1. The Morgan fingerprint density at radius 3 is 2.48 bits per heavy atom. The Kier molecular flexibility index (Phi) is 6.42. The van der Waals surface area contributed by atoms with Crippen LogP contribution in [0.5, 0.6) is 5.75 Å². The molecular formula is C20H23NO2. The van der Waals surface area contributed by atoms with Gasteiger partial charge in [0.25, 0.3) is 0 Å². The first kappa shape index (κ1) is 16.8. The highest BCUT2D eigenvalue weighted by atomic mass is 16.5. The van der Waals surface area contributed by atoms with Crippen molar-refractivity contribution in [3.63, 3.8) is 0 Å². The van der Waals surface area contributed by atoms with Gasteiger partial charge in [0.2, 0.25) is 5.91 Å². The van der Waals surface area contributed by atoms with Gasteiger partial charge in [-0.05, 0) is 42.2 Å². The molecule has 0 bridgehead atoms. The molecule has 0 fully saturated rings. The average molecular weight is 309 g/mol. The van der Waals surface area contributed by atoms with E-state index in [2.05, 4.69) is 24.4 Å². The highest BCUT2D eigenvalue weighted by Crippen LogP contribution is 2.14. The van der Waals surface area contributed by atoms with E-state index in [1.165, 1.54) is 5.56 Å². The van der Waals surface area contributed by atoms with Gasteiger partial charge < -0.3 is 10.1 Å². The maximum Gasteiger partial charge on any atom is 0.244 e. The molecule has 0 aromatic heterocycles. The standard InChI is InChI=1S/C20H23NO2/c1-3-23-19-12-9-17(10-13-19)11-14-20(22)21-15-16(2)18-7-5-4-6-8-18/h4-14,16H,3,15H2,1-2H3,(H,21,22)/b14-11+. The first-order valence-corrected chi connectivity index (χ1v) is 7.92. The van der Waals surface area contributed by atoms with Crippen molar-refractivity contribution in [2.24, 2.45) is 0 Å². The molecule has 0 saturated heterocycles. The van der Waals surface area contributed by atoms with E-state index < -0.39 is 0 Å². The quantitative estimate of drug-likeness (QED) is 0.785. The van der Waals surface area contributed by atoms with Crippen LogP contribution >= 0.6 is 0 Å². The molecule has 120 valence electrons. The molecule has 0 spiro atoms. The van der Waals surface area contributed by atoms with Crippen LogP contribution < -0.4 is 10.1 Å². The van der Waals surface area contributed by atoms with Gasteiger partial charge in [0.1, 0.15) is 5.75 Å². The minimum atomic E-state index is -0.0818. The number of rotatable bonds is 7. The van der Waals surface area contributed by atoms with E-state index in [1.807, 2.05) is 49.4 Å². The Balaban J connectivity index is 1.82. The second kappa shape index (κ2) is 8.79. The van der Waals surface area contributed by atoms with Crippen LogP contribution in [0.3, 0.4) is 0 Å². The van der Waals surface area contributed by atoms with E-state index in [4.69, 9.17) is 4.74 Å². The lowest BCUT2D eigenvalue weighted by molar-refractivity contribution is -0.116. The third kappa shape index (κ3) is 5.62. The first-order valence-electron chi connectivity index (χ1n) is 7.92. The molecule has 1 amide bonds. The summed E-state index contributed by atoms with van der Waals surface area (Å²) >= 11 is 0. The highest BCUT2D eigenvalue weighted by molar-refractivity contribution is 5.91. The van der Waals surface area contributed by atoms with Crippen LogP contribution in [0.4, 0.5) is 0 Å². The van der Waals surface area contributed by atoms with Crippen LogP contribution in [0.15, 0.2) is 60.7 Å². The van der Waals surface area contributed by atoms with Crippen LogP contribution in [-0.2, 0) is 4.79 Å². The third-order valence-corrected chi connectivity index (χ3v) is 3.57. The van der Waals surface area contributed by atoms with Crippen LogP contribution in [0.1, 0.15) is 30.9 Å². The van der Waals surface area contributed by atoms with Crippen molar-refractivity contribution in [2.75, 3.05) is 13.2 Å². The molecule has 0 aliphatic carbocycles. The molecule has 1 atom stereocenters. The summed E-state index contributed by atoms with van der Waals surface area (Å²) in [6.45, 7) is 5.33. The minimum Gasteiger partial charge on any atom is -0.494 e. The lowest BCUT2D eigenvalue weighted by Crippen LogP contribution is -2.25. The molecule has 0 saturated carbocycles. The van der Waals surface area contributed by atoms with Crippen molar-refractivity contribution >= 4 is 12.0 Å². The average Bonchev–Trinajstić information content (AvgIpc) is 2.60. The third-order valence-electron chi connectivity index (χ3n) is 3.57. The molecule has 0 heterocycles. The summed E-state index contributed by atoms with van der Waals surface area (Å²) in [5.74, 6) is 1.05. The van der Waals surface area contributed by atoms with E-state index in [-0.39, 0.29) is 5.91 Å². The van der Waals surface area contributed by atoms with Crippen molar-refractivity contribution in [1.29, 1.82) is 0 Å². The van der Waals surface area contributed by atoms with Crippen molar-refractivity contribution in [1.82, 2.24) is 5.32 Å². The fourth-order valence-electron chi connectivity index (χ4n) is 2.23. The van der Waals surface area contributed by atoms with E-state index >= 15 is 0 Å². The van der Waals surface area contributed by atoms with Gasteiger partial charge >= 0.3 is 0 Å². The van der Waals surface area contributed by atoms with Crippen LogP contribution in [0, 0.1) is 0 Å². The van der Waals surface area contributed by atoms with E-state index in [0.29, 0.717) is 19.1 Å². The normalized spacial score (nSPS) is 12.1. The number of carbonyl (C=O) groups is 1. The Morgan fingerprint density at radius 1 is 1.13 bits per heavy atom. The predicted molar refractivity (Wildman–Crippen MR) is 94.5 cm³/mol. The zero-order chi connectivity index (χ0) is 16.5. The minimum absolute atomic E-state index is 0.0818. The van der Waals surface area contributed by atoms with Gasteiger partial charge in [-0.15, -0.1) is 0 Å². The van der Waals surface area contributed by atoms with Crippen LogP contribution in [0.25, 0.3) is 6.08 Å². The Hall–Kier alpha value is -2.55. The second-order valence-electron chi connectivity index (χ2n) is 5.39.